The molecule has 0 spiro atoms. The molecule has 0 aliphatic carbocycles. The summed E-state index contributed by atoms with van der Waals surface area (Å²) >= 11 is 0. The van der Waals surface area contributed by atoms with E-state index < -0.39 is 0 Å². The van der Waals surface area contributed by atoms with Gasteiger partial charge in [-0.2, -0.15) is 0 Å². The lowest BCUT2D eigenvalue weighted by Gasteiger charge is -2.29. The summed E-state index contributed by atoms with van der Waals surface area (Å²) in [6.07, 6.45) is 1.94. The second kappa shape index (κ2) is 7.38. The Morgan fingerprint density at radius 2 is 1.92 bits per heavy atom. The van der Waals surface area contributed by atoms with E-state index >= 15 is 0 Å². The fourth-order valence-electron chi connectivity index (χ4n) is 3.07. The molecule has 1 heterocycles. The van der Waals surface area contributed by atoms with Gasteiger partial charge >= 0.3 is 0 Å². The van der Waals surface area contributed by atoms with Crippen LogP contribution in [0, 0.1) is 0 Å². The maximum Gasteiger partial charge on any atom is 0.251 e. The number of aryl methyl sites for hydroxylation is 1. The molecule has 0 radical (unpaired) electrons. The number of carbonyl (C=O) groups excluding carboxylic acids is 2. The van der Waals surface area contributed by atoms with Gasteiger partial charge in [0.25, 0.3) is 5.91 Å². The fourth-order valence-corrected chi connectivity index (χ4v) is 3.07. The molecule has 2 amide bonds. The topological polar surface area (TPSA) is 52.7 Å². The zero-order valence-corrected chi connectivity index (χ0v) is 14.7. The van der Waals surface area contributed by atoms with Gasteiger partial charge in [-0.1, -0.05) is 24.3 Å². The first-order chi connectivity index (χ1) is 12.1. The molecule has 2 aromatic rings. The van der Waals surface area contributed by atoms with E-state index in [1.165, 1.54) is 5.56 Å². The predicted octanol–water partition coefficient (Wildman–Crippen LogP) is 2.46. The molecular weight excluding hydrogens is 314 g/mol. The van der Waals surface area contributed by atoms with E-state index in [0.29, 0.717) is 12.1 Å². The molecule has 1 N–H and O–H groups in total. The minimum absolute atomic E-state index is 0.000635. The van der Waals surface area contributed by atoms with Crippen LogP contribution in [0.15, 0.2) is 48.5 Å². The lowest BCUT2D eigenvalue weighted by Crippen LogP contribution is -2.42. The Balaban J connectivity index is 1.65. The van der Waals surface area contributed by atoms with E-state index in [0.717, 1.165) is 24.2 Å². The van der Waals surface area contributed by atoms with Crippen LogP contribution >= 0.6 is 0 Å². The summed E-state index contributed by atoms with van der Waals surface area (Å²) < 4.78 is 0. The molecule has 5 nitrogen and oxygen atoms in total. The number of nitrogens with zero attached hydrogens (tertiary/aromatic N) is 2. The highest BCUT2D eigenvalue weighted by Crippen LogP contribution is 2.26. The van der Waals surface area contributed by atoms with Crippen molar-refractivity contribution in [3.63, 3.8) is 0 Å². The molecule has 25 heavy (non-hydrogen) atoms. The maximum atomic E-state index is 12.6. The SMILES string of the molecule is CN(C)c1cccc(C(=O)NCC(=O)N2CCCc3ccccc32)c1. The first kappa shape index (κ1) is 17.0. The molecule has 5 heteroatoms. The lowest BCUT2D eigenvalue weighted by atomic mass is 10.0. The maximum absolute atomic E-state index is 12.6. The number of nitrogens with one attached hydrogen (secondary N) is 1. The Hall–Kier alpha value is -2.82. The minimum Gasteiger partial charge on any atom is -0.378 e. The van der Waals surface area contributed by atoms with Crippen molar-refractivity contribution in [3.05, 3.63) is 59.7 Å². The summed E-state index contributed by atoms with van der Waals surface area (Å²) in [6, 6.07) is 15.3. The quantitative estimate of drug-likeness (QED) is 0.932. The van der Waals surface area contributed by atoms with Crippen molar-refractivity contribution in [1.29, 1.82) is 0 Å². The van der Waals surface area contributed by atoms with E-state index in [4.69, 9.17) is 0 Å². The third-order valence-corrected chi connectivity index (χ3v) is 4.44. The molecule has 130 valence electrons. The number of hydrogen-bond donors (Lipinski definition) is 1. The lowest BCUT2D eigenvalue weighted by molar-refractivity contribution is -0.117. The van der Waals surface area contributed by atoms with Gasteiger partial charge < -0.3 is 15.1 Å². The monoisotopic (exact) mass is 337 g/mol. The van der Waals surface area contributed by atoms with Gasteiger partial charge in [-0.05, 0) is 42.7 Å². The third kappa shape index (κ3) is 3.82. The van der Waals surface area contributed by atoms with Crippen molar-refractivity contribution in [2.24, 2.45) is 0 Å². The Morgan fingerprint density at radius 3 is 2.72 bits per heavy atom. The van der Waals surface area contributed by atoms with Gasteiger partial charge in [0.2, 0.25) is 5.91 Å². The predicted molar refractivity (Wildman–Crippen MR) is 100 cm³/mol. The van der Waals surface area contributed by atoms with E-state index in [-0.39, 0.29) is 18.4 Å². The van der Waals surface area contributed by atoms with Gasteiger partial charge in [0.05, 0.1) is 6.54 Å². The second-order valence-electron chi connectivity index (χ2n) is 6.41. The van der Waals surface area contributed by atoms with Crippen molar-refractivity contribution in [1.82, 2.24) is 5.32 Å². The molecule has 0 saturated carbocycles. The van der Waals surface area contributed by atoms with Crippen LogP contribution in [0.4, 0.5) is 11.4 Å². The summed E-state index contributed by atoms with van der Waals surface area (Å²) in [7, 11) is 3.85. The Kier molecular flexibility index (Phi) is 5.03. The van der Waals surface area contributed by atoms with E-state index in [1.807, 2.05) is 55.4 Å². The zero-order valence-electron chi connectivity index (χ0n) is 14.7. The summed E-state index contributed by atoms with van der Waals surface area (Å²) in [4.78, 5) is 28.6. The molecule has 3 rings (SSSR count). The molecule has 0 aromatic heterocycles. The van der Waals surface area contributed by atoms with Gasteiger partial charge in [0.15, 0.2) is 0 Å². The summed E-state index contributed by atoms with van der Waals surface area (Å²) in [5.74, 6) is -0.313. The van der Waals surface area contributed by atoms with Crippen molar-refractivity contribution < 1.29 is 9.59 Å². The molecular formula is C20H23N3O2. The number of carbonyl (C=O) groups is 2. The van der Waals surface area contributed by atoms with E-state index in [9.17, 15) is 9.59 Å². The number of benzene rings is 2. The van der Waals surface area contributed by atoms with Gasteiger partial charge in [-0.15, -0.1) is 0 Å². The molecule has 1 aliphatic heterocycles. The van der Waals surface area contributed by atoms with Gasteiger partial charge in [-0.3, -0.25) is 9.59 Å². The van der Waals surface area contributed by atoms with Crippen LogP contribution in [0.3, 0.4) is 0 Å². The Labute approximate surface area is 148 Å². The molecule has 1 aliphatic rings. The van der Waals surface area contributed by atoms with Crippen LogP contribution in [0.2, 0.25) is 0 Å². The van der Waals surface area contributed by atoms with Crippen molar-refractivity contribution >= 4 is 23.2 Å². The highest BCUT2D eigenvalue weighted by atomic mass is 16.2. The number of fused-ring (bicyclic) bond motifs is 1. The number of amides is 2. The summed E-state index contributed by atoms with van der Waals surface area (Å²) in [6.45, 7) is 0.696. The number of anilines is 2. The zero-order chi connectivity index (χ0) is 17.8. The van der Waals surface area contributed by atoms with Crippen LogP contribution in [0.25, 0.3) is 0 Å². The Morgan fingerprint density at radius 1 is 1.12 bits per heavy atom. The van der Waals surface area contributed by atoms with Crippen LogP contribution in [0.1, 0.15) is 22.3 Å². The largest absolute Gasteiger partial charge is 0.378 e. The first-order valence-corrected chi connectivity index (χ1v) is 8.50. The van der Waals surface area contributed by atoms with Crippen LogP contribution < -0.4 is 15.1 Å². The van der Waals surface area contributed by atoms with E-state index in [1.54, 1.807) is 11.0 Å². The molecule has 0 saturated heterocycles. The number of hydrogen-bond acceptors (Lipinski definition) is 3. The van der Waals surface area contributed by atoms with Crippen LogP contribution in [-0.2, 0) is 11.2 Å². The van der Waals surface area contributed by atoms with Gasteiger partial charge in [-0.25, -0.2) is 0 Å². The van der Waals surface area contributed by atoms with E-state index in [2.05, 4.69) is 11.4 Å². The van der Waals surface area contributed by atoms with Crippen LogP contribution in [-0.4, -0.2) is 39.0 Å². The summed E-state index contributed by atoms with van der Waals surface area (Å²) in [5, 5.41) is 2.74. The average Bonchev–Trinajstić information content (AvgIpc) is 2.65. The van der Waals surface area contributed by atoms with Crippen molar-refractivity contribution in [2.45, 2.75) is 12.8 Å². The molecule has 0 fully saturated rings. The smallest absolute Gasteiger partial charge is 0.251 e. The second-order valence-corrected chi connectivity index (χ2v) is 6.41. The summed E-state index contributed by atoms with van der Waals surface area (Å²) in [5.41, 5.74) is 3.65. The van der Waals surface area contributed by atoms with Crippen molar-refractivity contribution in [2.75, 3.05) is 37.0 Å². The van der Waals surface area contributed by atoms with Gasteiger partial charge in [0, 0.05) is 37.6 Å². The average molecular weight is 337 g/mol. The third-order valence-electron chi connectivity index (χ3n) is 4.44. The van der Waals surface area contributed by atoms with Crippen molar-refractivity contribution in [3.8, 4) is 0 Å². The molecule has 0 unspecified atom stereocenters. The number of rotatable bonds is 4. The highest BCUT2D eigenvalue weighted by molar-refractivity contribution is 6.01. The van der Waals surface area contributed by atoms with Gasteiger partial charge in [0.1, 0.15) is 0 Å². The molecule has 2 aromatic carbocycles. The van der Waals surface area contributed by atoms with Crippen LogP contribution in [0.5, 0.6) is 0 Å². The normalized spacial score (nSPS) is 13.1. The highest BCUT2D eigenvalue weighted by Gasteiger charge is 2.22. The standard InChI is InChI=1S/C20H23N3O2/c1-22(2)17-10-5-8-16(13-17)20(25)21-14-19(24)23-12-6-9-15-7-3-4-11-18(15)23/h3-5,7-8,10-11,13H,6,9,12,14H2,1-2H3,(H,21,25). The molecule has 0 bridgehead atoms. The first-order valence-electron chi connectivity index (χ1n) is 8.50. The fraction of sp³-hybridized carbons (Fsp3) is 0.300. The minimum atomic E-state index is -0.234. The molecule has 0 atom stereocenters. The number of para-hydroxylation sites is 1. The Bertz CT molecular complexity index is 786.